The van der Waals surface area contributed by atoms with Crippen molar-refractivity contribution in [3.05, 3.63) is 41.3 Å². The number of aromatic nitrogens is 3. The van der Waals surface area contributed by atoms with E-state index in [0.29, 0.717) is 11.5 Å². The first-order valence-corrected chi connectivity index (χ1v) is 8.52. The molecule has 1 saturated heterocycles. The van der Waals surface area contributed by atoms with Gasteiger partial charge in [-0.1, -0.05) is 0 Å². The molecule has 2 aromatic rings. The van der Waals surface area contributed by atoms with Gasteiger partial charge in [0.15, 0.2) is 5.82 Å². The van der Waals surface area contributed by atoms with Crippen molar-refractivity contribution in [1.82, 2.24) is 25.0 Å². The van der Waals surface area contributed by atoms with E-state index >= 15 is 0 Å². The summed E-state index contributed by atoms with van der Waals surface area (Å²) in [6.07, 6.45) is 3.91. The van der Waals surface area contributed by atoms with Gasteiger partial charge in [-0.25, -0.2) is 9.67 Å². The number of piperidine rings is 1. The lowest BCUT2D eigenvalue weighted by Gasteiger charge is -2.32. The van der Waals surface area contributed by atoms with Crippen LogP contribution in [0.15, 0.2) is 24.4 Å². The topological polar surface area (TPSA) is 63.1 Å². The molecule has 1 atom stereocenters. The van der Waals surface area contributed by atoms with Crippen molar-refractivity contribution in [2.45, 2.75) is 26.7 Å². The fourth-order valence-corrected chi connectivity index (χ4v) is 3.39. The first-order chi connectivity index (χ1) is 11.6. The van der Waals surface area contributed by atoms with Gasteiger partial charge in [-0.2, -0.15) is 5.10 Å². The van der Waals surface area contributed by atoms with Crippen LogP contribution in [-0.2, 0) is 0 Å². The van der Waals surface area contributed by atoms with Crippen molar-refractivity contribution in [1.29, 1.82) is 0 Å². The fourth-order valence-electron chi connectivity index (χ4n) is 3.39. The average Bonchev–Trinajstić information content (AvgIpc) is 2.93. The molecule has 1 amide bonds. The number of nitrogens with zero attached hydrogens (tertiary/aromatic N) is 4. The van der Waals surface area contributed by atoms with Gasteiger partial charge in [-0.3, -0.25) is 4.79 Å². The lowest BCUT2D eigenvalue weighted by molar-refractivity contribution is 0.0674. The first-order valence-electron chi connectivity index (χ1n) is 8.52. The Morgan fingerprint density at radius 3 is 2.65 bits per heavy atom. The Bertz CT molecular complexity index is 715. The SMILES string of the molecule is CNCC1CCCN(C(=O)c2ccc(-n3nc(C)cc3C)nc2)C1.Cl.Cl. The Labute approximate surface area is 167 Å². The third kappa shape index (κ3) is 4.96. The van der Waals surface area contributed by atoms with Crippen molar-refractivity contribution in [2.75, 3.05) is 26.7 Å². The molecule has 1 unspecified atom stereocenters. The number of carbonyl (C=O) groups excluding carboxylic acids is 1. The van der Waals surface area contributed by atoms with Crippen LogP contribution in [0.25, 0.3) is 5.82 Å². The second-order valence-corrected chi connectivity index (χ2v) is 6.56. The summed E-state index contributed by atoms with van der Waals surface area (Å²) in [7, 11) is 1.96. The van der Waals surface area contributed by atoms with Gasteiger partial charge in [0.25, 0.3) is 5.91 Å². The number of pyridine rings is 1. The van der Waals surface area contributed by atoms with E-state index in [1.54, 1.807) is 10.9 Å². The van der Waals surface area contributed by atoms with Crippen molar-refractivity contribution in [3.8, 4) is 5.82 Å². The lowest BCUT2D eigenvalue weighted by atomic mass is 9.97. The number of nitrogens with one attached hydrogen (secondary N) is 1. The van der Waals surface area contributed by atoms with Gasteiger partial charge in [0.05, 0.1) is 11.3 Å². The Morgan fingerprint density at radius 1 is 1.31 bits per heavy atom. The molecule has 1 aliphatic rings. The monoisotopic (exact) mass is 399 g/mol. The van der Waals surface area contributed by atoms with E-state index in [2.05, 4.69) is 15.4 Å². The number of aryl methyl sites for hydroxylation is 2. The van der Waals surface area contributed by atoms with Gasteiger partial charge in [0.1, 0.15) is 0 Å². The van der Waals surface area contributed by atoms with Gasteiger partial charge in [0.2, 0.25) is 0 Å². The highest BCUT2D eigenvalue weighted by molar-refractivity contribution is 5.94. The molecule has 1 aliphatic heterocycles. The molecule has 0 saturated carbocycles. The second-order valence-electron chi connectivity index (χ2n) is 6.56. The van der Waals surface area contributed by atoms with Gasteiger partial charge in [-0.05, 0) is 64.4 Å². The maximum Gasteiger partial charge on any atom is 0.255 e. The maximum absolute atomic E-state index is 12.7. The molecule has 2 aromatic heterocycles. The van der Waals surface area contributed by atoms with E-state index < -0.39 is 0 Å². The molecule has 0 aromatic carbocycles. The molecule has 8 heteroatoms. The number of hydrogen-bond donors (Lipinski definition) is 1. The number of amides is 1. The van der Waals surface area contributed by atoms with Crippen molar-refractivity contribution in [3.63, 3.8) is 0 Å². The summed E-state index contributed by atoms with van der Waals surface area (Å²) in [6, 6.07) is 5.72. The predicted octanol–water partition coefficient (Wildman–Crippen LogP) is 2.80. The van der Waals surface area contributed by atoms with E-state index in [-0.39, 0.29) is 30.7 Å². The summed E-state index contributed by atoms with van der Waals surface area (Å²) >= 11 is 0. The molecule has 1 N–H and O–H groups in total. The fraction of sp³-hybridized carbons (Fsp3) is 0.500. The molecule has 0 bridgehead atoms. The van der Waals surface area contributed by atoms with Crippen LogP contribution < -0.4 is 5.32 Å². The van der Waals surface area contributed by atoms with E-state index in [9.17, 15) is 4.79 Å². The number of halogens is 2. The van der Waals surface area contributed by atoms with Gasteiger partial charge in [0, 0.05) is 25.0 Å². The number of likely N-dealkylation sites (tertiary alicyclic amines) is 1. The van der Waals surface area contributed by atoms with E-state index in [1.807, 2.05) is 44.0 Å². The Kier molecular flexibility index (Phi) is 8.53. The minimum Gasteiger partial charge on any atom is -0.338 e. The molecule has 3 rings (SSSR count). The highest BCUT2D eigenvalue weighted by atomic mass is 35.5. The zero-order chi connectivity index (χ0) is 17.1. The molecular formula is C18H27Cl2N5O. The van der Waals surface area contributed by atoms with Crippen molar-refractivity contribution in [2.24, 2.45) is 5.92 Å². The minimum absolute atomic E-state index is 0. The van der Waals surface area contributed by atoms with Crippen LogP contribution in [0.3, 0.4) is 0 Å². The van der Waals surface area contributed by atoms with Gasteiger partial charge in [-0.15, -0.1) is 24.8 Å². The van der Waals surface area contributed by atoms with Crippen LogP contribution >= 0.6 is 24.8 Å². The molecule has 3 heterocycles. The summed E-state index contributed by atoms with van der Waals surface area (Å²) in [5, 5.41) is 7.64. The van der Waals surface area contributed by atoms with E-state index in [4.69, 9.17) is 0 Å². The zero-order valence-electron chi connectivity index (χ0n) is 15.4. The standard InChI is InChI=1S/C18H25N5O.2ClH/c1-13-9-14(2)23(21-13)17-7-6-16(11-20-17)18(24)22-8-4-5-15(12-22)10-19-3;;/h6-7,9,11,15,19H,4-5,8,10,12H2,1-3H3;2*1H. The molecule has 1 fully saturated rings. The third-order valence-corrected chi connectivity index (χ3v) is 4.52. The summed E-state index contributed by atoms with van der Waals surface area (Å²) in [5.41, 5.74) is 2.63. The van der Waals surface area contributed by atoms with Crippen molar-refractivity contribution >= 4 is 30.7 Å². The van der Waals surface area contributed by atoms with E-state index in [0.717, 1.165) is 43.3 Å². The van der Waals surface area contributed by atoms with Crippen LogP contribution in [0.1, 0.15) is 34.6 Å². The molecular weight excluding hydrogens is 373 g/mol. The highest BCUT2D eigenvalue weighted by Crippen LogP contribution is 2.18. The molecule has 26 heavy (non-hydrogen) atoms. The predicted molar refractivity (Wildman–Crippen MR) is 108 cm³/mol. The number of rotatable bonds is 4. The van der Waals surface area contributed by atoms with Crippen LogP contribution in [0.4, 0.5) is 0 Å². The summed E-state index contributed by atoms with van der Waals surface area (Å²) in [5.74, 6) is 1.35. The lowest BCUT2D eigenvalue weighted by Crippen LogP contribution is -2.42. The van der Waals surface area contributed by atoms with E-state index in [1.165, 1.54) is 6.42 Å². The molecule has 144 valence electrons. The smallest absolute Gasteiger partial charge is 0.255 e. The average molecular weight is 400 g/mol. The van der Waals surface area contributed by atoms with Gasteiger partial charge < -0.3 is 10.2 Å². The maximum atomic E-state index is 12.7. The minimum atomic E-state index is 0. The van der Waals surface area contributed by atoms with Gasteiger partial charge >= 0.3 is 0 Å². The quantitative estimate of drug-likeness (QED) is 0.858. The summed E-state index contributed by atoms with van der Waals surface area (Å²) in [6.45, 7) is 6.56. The molecule has 0 spiro atoms. The third-order valence-electron chi connectivity index (χ3n) is 4.52. The number of carbonyl (C=O) groups is 1. The van der Waals surface area contributed by atoms with Crippen molar-refractivity contribution < 1.29 is 4.79 Å². The molecule has 6 nitrogen and oxygen atoms in total. The Hall–Kier alpha value is -1.63. The van der Waals surface area contributed by atoms with Crippen LogP contribution in [0, 0.1) is 19.8 Å². The van der Waals surface area contributed by atoms with Crippen LogP contribution in [0.5, 0.6) is 0 Å². The Morgan fingerprint density at radius 2 is 2.08 bits per heavy atom. The largest absolute Gasteiger partial charge is 0.338 e. The Balaban J connectivity index is 0.00000169. The number of hydrogen-bond acceptors (Lipinski definition) is 4. The normalized spacial score (nSPS) is 16.6. The molecule has 0 radical (unpaired) electrons. The first kappa shape index (κ1) is 22.4. The second kappa shape index (κ2) is 9.90. The van der Waals surface area contributed by atoms with Crippen LogP contribution in [0.2, 0.25) is 0 Å². The molecule has 0 aliphatic carbocycles. The van der Waals surface area contributed by atoms with Crippen LogP contribution in [-0.4, -0.2) is 52.3 Å². The summed E-state index contributed by atoms with van der Waals surface area (Å²) in [4.78, 5) is 19.1. The summed E-state index contributed by atoms with van der Waals surface area (Å²) < 4.78 is 1.80. The highest BCUT2D eigenvalue weighted by Gasteiger charge is 2.24. The zero-order valence-corrected chi connectivity index (χ0v) is 17.1.